The fraction of sp³-hybridized carbons (Fsp3) is 0.310. The van der Waals surface area contributed by atoms with Gasteiger partial charge < -0.3 is 10.2 Å². The molecule has 0 fully saturated rings. The maximum atomic E-state index is 14.6. The van der Waals surface area contributed by atoms with Crippen molar-refractivity contribution in [2.24, 2.45) is 0 Å². The van der Waals surface area contributed by atoms with Crippen LogP contribution in [0.1, 0.15) is 38.3 Å². The Hall–Kier alpha value is -3.24. The van der Waals surface area contributed by atoms with E-state index in [1.54, 1.807) is 49.4 Å². The van der Waals surface area contributed by atoms with Crippen molar-refractivity contribution >= 4 is 43.5 Å². The van der Waals surface area contributed by atoms with E-state index >= 15 is 0 Å². The number of sulfonamides is 1. The number of carbonyl (C=O) groups is 2. The van der Waals surface area contributed by atoms with Crippen molar-refractivity contribution in [1.29, 1.82) is 0 Å². The molecule has 0 bridgehead atoms. The van der Waals surface area contributed by atoms with Crippen LogP contribution < -0.4 is 9.62 Å². The van der Waals surface area contributed by atoms with Crippen LogP contribution in [0.2, 0.25) is 0 Å². The summed E-state index contributed by atoms with van der Waals surface area (Å²) in [7, 11) is -4.17. The van der Waals surface area contributed by atoms with Gasteiger partial charge in [-0.1, -0.05) is 58.7 Å². The van der Waals surface area contributed by atoms with Gasteiger partial charge in [0.15, 0.2) is 0 Å². The Kier molecular flexibility index (Phi) is 10.3. The highest BCUT2D eigenvalue weighted by Crippen LogP contribution is 2.26. The molecule has 208 valence electrons. The first-order valence-corrected chi connectivity index (χ1v) is 14.9. The lowest BCUT2D eigenvalue weighted by atomic mass is 10.1. The van der Waals surface area contributed by atoms with Crippen LogP contribution in [-0.4, -0.2) is 43.8 Å². The SMILES string of the molecule is CCC(C)NC(=O)C(C)N(Cc1ccccc1F)C(=O)CN(c1ccc(Br)cc1)S(=O)(=O)c1ccc(C)cc1. The topological polar surface area (TPSA) is 86.8 Å². The van der Waals surface area contributed by atoms with Gasteiger partial charge in [0, 0.05) is 22.6 Å². The number of nitrogens with zero attached hydrogens (tertiary/aromatic N) is 2. The van der Waals surface area contributed by atoms with Gasteiger partial charge in [-0.3, -0.25) is 13.9 Å². The number of rotatable bonds is 11. The first-order chi connectivity index (χ1) is 18.4. The van der Waals surface area contributed by atoms with Crippen LogP contribution in [0.4, 0.5) is 10.1 Å². The molecule has 3 rings (SSSR count). The normalized spacial score (nSPS) is 12.9. The second kappa shape index (κ2) is 13.2. The molecule has 0 aliphatic carbocycles. The molecular weight excluding hydrogens is 585 g/mol. The minimum atomic E-state index is -4.17. The molecule has 2 unspecified atom stereocenters. The molecule has 0 aromatic heterocycles. The summed E-state index contributed by atoms with van der Waals surface area (Å²) in [5.74, 6) is -1.59. The molecule has 2 atom stereocenters. The number of nitrogens with one attached hydrogen (secondary N) is 1. The molecule has 7 nitrogen and oxygen atoms in total. The van der Waals surface area contributed by atoms with E-state index in [2.05, 4.69) is 21.2 Å². The molecule has 3 aromatic rings. The molecule has 0 spiro atoms. The zero-order valence-corrected chi connectivity index (χ0v) is 24.8. The fourth-order valence-corrected chi connectivity index (χ4v) is 5.51. The smallest absolute Gasteiger partial charge is 0.264 e. The summed E-state index contributed by atoms with van der Waals surface area (Å²) in [6.45, 7) is 6.36. The third kappa shape index (κ3) is 7.67. The summed E-state index contributed by atoms with van der Waals surface area (Å²) in [4.78, 5) is 28.1. The molecule has 0 radical (unpaired) electrons. The Morgan fingerprint density at radius 3 is 2.18 bits per heavy atom. The molecule has 0 aliphatic rings. The van der Waals surface area contributed by atoms with Crippen molar-refractivity contribution < 1.29 is 22.4 Å². The average Bonchev–Trinajstić information content (AvgIpc) is 2.91. The fourth-order valence-electron chi connectivity index (χ4n) is 3.83. The molecule has 39 heavy (non-hydrogen) atoms. The maximum absolute atomic E-state index is 14.6. The number of aryl methyl sites for hydroxylation is 1. The highest BCUT2D eigenvalue weighted by molar-refractivity contribution is 9.10. The number of hydrogen-bond acceptors (Lipinski definition) is 4. The van der Waals surface area contributed by atoms with Crippen LogP contribution >= 0.6 is 15.9 Å². The Morgan fingerprint density at radius 2 is 1.59 bits per heavy atom. The number of halogens is 2. The summed E-state index contributed by atoms with van der Waals surface area (Å²) < 4.78 is 43.9. The summed E-state index contributed by atoms with van der Waals surface area (Å²) in [5.41, 5.74) is 1.37. The van der Waals surface area contributed by atoms with Crippen LogP contribution in [-0.2, 0) is 26.2 Å². The third-order valence-electron chi connectivity index (χ3n) is 6.47. The van der Waals surface area contributed by atoms with E-state index in [1.807, 2.05) is 20.8 Å². The van der Waals surface area contributed by atoms with Gasteiger partial charge in [0.2, 0.25) is 11.8 Å². The van der Waals surface area contributed by atoms with Crippen molar-refractivity contribution in [2.45, 2.75) is 57.6 Å². The molecule has 0 aliphatic heterocycles. The van der Waals surface area contributed by atoms with Crippen LogP contribution in [0.25, 0.3) is 0 Å². The van der Waals surface area contributed by atoms with Crippen molar-refractivity contribution in [1.82, 2.24) is 10.2 Å². The van der Waals surface area contributed by atoms with E-state index in [1.165, 1.54) is 35.2 Å². The molecule has 3 aromatic carbocycles. The summed E-state index contributed by atoms with van der Waals surface area (Å²) in [6.07, 6.45) is 0.686. The predicted octanol–water partition coefficient (Wildman–Crippen LogP) is 5.42. The van der Waals surface area contributed by atoms with Gasteiger partial charge in [0.05, 0.1) is 10.6 Å². The quantitative estimate of drug-likeness (QED) is 0.311. The van der Waals surface area contributed by atoms with Crippen molar-refractivity contribution in [2.75, 3.05) is 10.8 Å². The summed E-state index contributed by atoms with van der Waals surface area (Å²) in [6, 6.07) is 17.7. The zero-order chi connectivity index (χ0) is 28.7. The van der Waals surface area contributed by atoms with E-state index in [4.69, 9.17) is 0 Å². The molecule has 2 amide bonds. The number of anilines is 1. The number of benzene rings is 3. The molecule has 1 N–H and O–H groups in total. The molecular formula is C29H33BrFN3O4S. The van der Waals surface area contributed by atoms with Gasteiger partial charge in [-0.2, -0.15) is 0 Å². The van der Waals surface area contributed by atoms with E-state index < -0.39 is 40.2 Å². The van der Waals surface area contributed by atoms with Crippen molar-refractivity contribution in [3.8, 4) is 0 Å². The van der Waals surface area contributed by atoms with E-state index in [0.29, 0.717) is 6.42 Å². The average molecular weight is 619 g/mol. The first-order valence-electron chi connectivity index (χ1n) is 12.6. The van der Waals surface area contributed by atoms with Crippen molar-refractivity contribution in [3.63, 3.8) is 0 Å². The second-order valence-electron chi connectivity index (χ2n) is 9.41. The Balaban J connectivity index is 2.03. The maximum Gasteiger partial charge on any atom is 0.264 e. The van der Waals surface area contributed by atoms with Gasteiger partial charge >= 0.3 is 0 Å². The van der Waals surface area contributed by atoms with Gasteiger partial charge in [0.25, 0.3) is 10.0 Å². The predicted molar refractivity (Wildman–Crippen MR) is 154 cm³/mol. The van der Waals surface area contributed by atoms with E-state index in [9.17, 15) is 22.4 Å². The lowest BCUT2D eigenvalue weighted by Crippen LogP contribution is -2.52. The van der Waals surface area contributed by atoms with Gasteiger partial charge in [-0.25, -0.2) is 12.8 Å². The summed E-state index contributed by atoms with van der Waals surface area (Å²) >= 11 is 3.35. The lowest BCUT2D eigenvalue weighted by molar-refractivity contribution is -0.139. The molecule has 0 heterocycles. The van der Waals surface area contributed by atoms with Gasteiger partial charge in [-0.15, -0.1) is 0 Å². The zero-order valence-electron chi connectivity index (χ0n) is 22.4. The van der Waals surface area contributed by atoms with E-state index in [0.717, 1.165) is 14.3 Å². The Labute approximate surface area is 238 Å². The summed E-state index contributed by atoms with van der Waals surface area (Å²) in [5, 5.41) is 2.85. The third-order valence-corrected chi connectivity index (χ3v) is 8.79. The number of amides is 2. The van der Waals surface area contributed by atoms with Crippen molar-refractivity contribution in [3.05, 3.63) is 94.2 Å². The largest absolute Gasteiger partial charge is 0.352 e. The standard InChI is InChI=1S/C29H33BrFN3O4S/c1-5-21(3)32-29(36)22(4)33(18-23-8-6-7-9-27(23)31)28(35)19-34(25-14-12-24(30)13-15-25)39(37,38)26-16-10-20(2)11-17-26/h6-17,21-22H,5,18-19H2,1-4H3,(H,32,36). The highest BCUT2D eigenvalue weighted by Gasteiger charge is 2.33. The van der Waals surface area contributed by atoms with Gasteiger partial charge in [0.1, 0.15) is 18.4 Å². The number of carbonyl (C=O) groups excluding carboxylic acids is 2. The van der Waals surface area contributed by atoms with Crippen LogP contribution in [0.5, 0.6) is 0 Å². The van der Waals surface area contributed by atoms with Crippen LogP contribution in [0, 0.1) is 12.7 Å². The number of hydrogen-bond donors (Lipinski definition) is 1. The second-order valence-corrected chi connectivity index (χ2v) is 12.2. The molecule has 10 heteroatoms. The minimum Gasteiger partial charge on any atom is -0.352 e. The van der Waals surface area contributed by atoms with Gasteiger partial charge in [-0.05, 0) is 69.7 Å². The monoisotopic (exact) mass is 617 g/mol. The Bertz CT molecular complexity index is 1400. The van der Waals surface area contributed by atoms with Crippen LogP contribution in [0.3, 0.4) is 0 Å². The van der Waals surface area contributed by atoms with E-state index in [-0.39, 0.29) is 28.7 Å². The highest BCUT2D eigenvalue weighted by atomic mass is 79.9. The lowest BCUT2D eigenvalue weighted by Gasteiger charge is -2.32. The molecule has 0 saturated heterocycles. The minimum absolute atomic E-state index is 0.0204. The Morgan fingerprint density at radius 1 is 0.974 bits per heavy atom. The van der Waals surface area contributed by atoms with Crippen LogP contribution in [0.15, 0.2) is 82.2 Å². The first kappa shape index (κ1) is 30.3. The molecule has 0 saturated carbocycles.